The highest BCUT2D eigenvalue weighted by Gasteiger charge is 2.19. The second-order valence-corrected chi connectivity index (χ2v) is 7.17. The van der Waals surface area contributed by atoms with Crippen molar-refractivity contribution in [3.63, 3.8) is 0 Å². The monoisotopic (exact) mass is 365 g/mol. The fraction of sp³-hybridized carbons (Fsp3) is 0.409. The molecule has 1 saturated heterocycles. The molecule has 1 aliphatic heterocycles. The van der Waals surface area contributed by atoms with Crippen molar-refractivity contribution < 1.29 is 9.84 Å². The molecule has 1 heterocycles. The van der Waals surface area contributed by atoms with Gasteiger partial charge in [-0.25, -0.2) is 0 Å². The van der Waals surface area contributed by atoms with Crippen LogP contribution >= 0.6 is 0 Å². The van der Waals surface area contributed by atoms with E-state index in [0.29, 0.717) is 17.9 Å². The third kappa shape index (κ3) is 6.07. The van der Waals surface area contributed by atoms with Crippen LogP contribution in [0.3, 0.4) is 0 Å². The summed E-state index contributed by atoms with van der Waals surface area (Å²) in [6.07, 6.45) is -0.524. The number of rotatable bonds is 7. The van der Waals surface area contributed by atoms with Crippen molar-refractivity contribution in [2.75, 3.05) is 39.3 Å². The van der Waals surface area contributed by atoms with Gasteiger partial charge in [0, 0.05) is 39.3 Å². The summed E-state index contributed by atoms with van der Waals surface area (Å²) < 4.78 is 5.62. The number of aliphatic hydroxyl groups excluding tert-OH is 1. The lowest BCUT2D eigenvalue weighted by Gasteiger charge is -2.35. The number of β-amino-alcohol motifs (C(OH)–C–C–N with tert-alkyl or cyclic N) is 1. The largest absolute Gasteiger partial charge is 0.491 e. The lowest BCUT2D eigenvalue weighted by molar-refractivity contribution is 0.0446. The van der Waals surface area contributed by atoms with Crippen molar-refractivity contribution in [3.05, 3.63) is 65.2 Å². The van der Waals surface area contributed by atoms with Gasteiger partial charge in [0.15, 0.2) is 0 Å². The van der Waals surface area contributed by atoms with E-state index in [-0.39, 0.29) is 6.61 Å². The smallest absolute Gasteiger partial charge is 0.119 e. The van der Waals surface area contributed by atoms with Crippen LogP contribution in [0.2, 0.25) is 0 Å². The minimum Gasteiger partial charge on any atom is -0.491 e. The molecule has 1 fully saturated rings. The molecule has 5 nitrogen and oxygen atoms in total. The van der Waals surface area contributed by atoms with Crippen LogP contribution in [0.4, 0.5) is 0 Å². The van der Waals surface area contributed by atoms with Crippen molar-refractivity contribution in [1.29, 1.82) is 5.26 Å². The maximum Gasteiger partial charge on any atom is 0.119 e. The average Bonchev–Trinajstić information content (AvgIpc) is 2.68. The molecule has 0 spiro atoms. The summed E-state index contributed by atoms with van der Waals surface area (Å²) in [4.78, 5) is 4.75. The third-order valence-corrected chi connectivity index (χ3v) is 4.85. The molecule has 0 saturated carbocycles. The Kier molecular flexibility index (Phi) is 6.83. The number of nitriles is 1. The van der Waals surface area contributed by atoms with Gasteiger partial charge in [-0.3, -0.25) is 9.80 Å². The highest BCUT2D eigenvalue weighted by molar-refractivity contribution is 5.34. The van der Waals surface area contributed by atoms with Gasteiger partial charge in [-0.1, -0.05) is 29.8 Å². The fourth-order valence-electron chi connectivity index (χ4n) is 3.37. The van der Waals surface area contributed by atoms with Crippen molar-refractivity contribution >= 4 is 0 Å². The van der Waals surface area contributed by atoms with Crippen LogP contribution in [0, 0.1) is 18.3 Å². The third-order valence-electron chi connectivity index (χ3n) is 4.85. The van der Waals surface area contributed by atoms with E-state index in [1.165, 1.54) is 11.1 Å². The van der Waals surface area contributed by atoms with Gasteiger partial charge in [0.05, 0.1) is 11.6 Å². The van der Waals surface area contributed by atoms with E-state index < -0.39 is 6.10 Å². The molecule has 3 rings (SSSR count). The van der Waals surface area contributed by atoms with Gasteiger partial charge in [-0.15, -0.1) is 0 Å². The van der Waals surface area contributed by atoms with Crippen molar-refractivity contribution in [3.8, 4) is 11.8 Å². The molecule has 1 N–H and O–H groups in total. The van der Waals surface area contributed by atoms with Gasteiger partial charge in [0.2, 0.25) is 0 Å². The Morgan fingerprint density at radius 1 is 1.07 bits per heavy atom. The molecular weight excluding hydrogens is 338 g/mol. The first-order valence-electron chi connectivity index (χ1n) is 9.43. The summed E-state index contributed by atoms with van der Waals surface area (Å²) in [6.45, 7) is 7.93. The summed E-state index contributed by atoms with van der Waals surface area (Å²) >= 11 is 0. The second kappa shape index (κ2) is 9.52. The molecule has 5 heteroatoms. The highest BCUT2D eigenvalue weighted by atomic mass is 16.5. The van der Waals surface area contributed by atoms with Crippen LogP contribution in [0.5, 0.6) is 5.75 Å². The maximum absolute atomic E-state index is 10.3. The Morgan fingerprint density at radius 2 is 1.78 bits per heavy atom. The molecule has 0 aromatic heterocycles. The number of aryl methyl sites for hydroxylation is 1. The Bertz CT molecular complexity index is 762. The zero-order valence-electron chi connectivity index (χ0n) is 15.8. The zero-order valence-corrected chi connectivity index (χ0v) is 15.8. The summed E-state index contributed by atoms with van der Waals surface area (Å²) in [5.41, 5.74) is 3.27. The van der Waals surface area contributed by atoms with Crippen molar-refractivity contribution in [2.24, 2.45) is 0 Å². The van der Waals surface area contributed by atoms with E-state index in [4.69, 9.17) is 10.00 Å². The first kappa shape index (κ1) is 19.4. The SMILES string of the molecule is Cc1cccc(CN2CCN(CC(O)COc3ccc(C#N)cc3)CC2)c1. The number of nitrogens with zero attached hydrogens (tertiary/aromatic N) is 3. The summed E-state index contributed by atoms with van der Waals surface area (Å²) in [6, 6.07) is 17.7. The van der Waals surface area contributed by atoms with Crippen LogP contribution in [0.25, 0.3) is 0 Å². The average molecular weight is 365 g/mol. The summed E-state index contributed by atoms with van der Waals surface area (Å²) in [5, 5.41) is 19.1. The van der Waals surface area contributed by atoms with Crippen LogP contribution in [-0.2, 0) is 6.54 Å². The van der Waals surface area contributed by atoms with Crippen LogP contribution in [0.1, 0.15) is 16.7 Å². The number of benzene rings is 2. The first-order chi connectivity index (χ1) is 13.1. The van der Waals surface area contributed by atoms with Gasteiger partial charge in [0.1, 0.15) is 18.5 Å². The van der Waals surface area contributed by atoms with Crippen molar-refractivity contribution in [1.82, 2.24) is 9.80 Å². The van der Waals surface area contributed by atoms with Crippen molar-refractivity contribution in [2.45, 2.75) is 19.6 Å². The molecule has 0 bridgehead atoms. The number of hydrogen-bond donors (Lipinski definition) is 1. The Labute approximate surface area is 161 Å². The number of aliphatic hydroxyl groups is 1. The molecule has 0 radical (unpaired) electrons. The lowest BCUT2D eigenvalue weighted by Crippen LogP contribution is -2.48. The van der Waals surface area contributed by atoms with Gasteiger partial charge >= 0.3 is 0 Å². The molecule has 27 heavy (non-hydrogen) atoms. The molecular formula is C22H27N3O2. The molecule has 2 aromatic rings. The van der Waals surface area contributed by atoms with E-state index in [9.17, 15) is 5.11 Å². The topological polar surface area (TPSA) is 59.7 Å². The number of piperazine rings is 1. The fourth-order valence-corrected chi connectivity index (χ4v) is 3.37. The minimum absolute atomic E-state index is 0.259. The number of ether oxygens (including phenoxy) is 1. The van der Waals surface area contributed by atoms with E-state index >= 15 is 0 Å². The van der Waals surface area contributed by atoms with E-state index in [0.717, 1.165) is 32.7 Å². The Balaban J connectivity index is 1.37. The van der Waals surface area contributed by atoms with E-state index in [2.05, 4.69) is 47.1 Å². The molecule has 1 unspecified atom stereocenters. The predicted molar refractivity (Wildman–Crippen MR) is 106 cm³/mol. The van der Waals surface area contributed by atoms with E-state index in [1.54, 1.807) is 24.3 Å². The summed E-state index contributed by atoms with van der Waals surface area (Å²) in [5.74, 6) is 0.677. The molecule has 1 aliphatic rings. The second-order valence-electron chi connectivity index (χ2n) is 7.17. The van der Waals surface area contributed by atoms with Gasteiger partial charge in [-0.2, -0.15) is 5.26 Å². The standard InChI is InChI=1S/C22H27N3O2/c1-18-3-2-4-20(13-18)15-24-9-11-25(12-10-24)16-21(26)17-27-22-7-5-19(14-23)6-8-22/h2-8,13,21,26H,9-12,15-17H2,1H3. The Morgan fingerprint density at radius 3 is 2.44 bits per heavy atom. The molecule has 142 valence electrons. The zero-order chi connectivity index (χ0) is 19.1. The van der Waals surface area contributed by atoms with Gasteiger partial charge < -0.3 is 9.84 Å². The number of hydrogen-bond acceptors (Lipinski definition) is 5. The maximum atomic E-state index is 10.3. The Hall–Kier alpha value is -2.39. The summed E-state index contributed by atoms with van der Waals surface area (Å²) in [7, 11) is 0. The molecule has 2 aromatic carbocycles. The predicted octanol–water partition coefficient (Wildman–Crippen LogP) is 2.42. The quantitative estimate of drug-likeness (QED) is 0.817. The van der Waals surface area contributed by atoms with Gasteiger partial charge in [0.25, 0.3) is 0 Å². The first-order valence-corrected chi connectivity index (χ1v) is 9.43. The molecule has 0 amide bonds. The van der Waals surface area contributed by atoms with E-state index in [1.807, 2.05) is 0 Å². The molecule has 0 aliphatic carbocycles. The van der Waals surface area contributed by atoms with Crippen LogP contribution in [-0.4, -0.2) is 60.3 Å². The highest BCUT2D eigenvalue weighted by Crippen LogP contribution is 2.13. The minimum atomic E-state index is -0.524. The van der Waals surface area contributed by atoms with Crippen LogP contribution < -0.4 is 4.74 Å². The van der Waals surface area contributed by atoms with Crippen LogP contribution in [0.15, 0.2) is 48.5 Å². The lowest BCUT2D eigenvalue weighted by atomic mass is 10.1. The molecule has 1 atom stereocenters. The normalized spacial score (nSPS) is 16.6. The van der Waals surface area contributed by atoms with Gasteiger partial charge in [-0.05, 0) is 36.8 Å².